The smallest absolute Gasteiger partial charge is 0.0770 e. The van der Waals surface area contributed by atoms with Crippen LogP contribution in [-0.4, -0.2) is 24.0 Å². The van der Waals surface area contributed by atoms with Gasteiger partial charge in [-0.25, -0.2) is 0 Å². The quantitative estimate of drug-likeness (QED) is 0.777. The van der Waals surface area contributed by atoms with Crippen molar-refractivity contribution in [3.63, 3.8) is 0 Å². The first-order valence-corrected chi connectivity index (χ1v) is 5.67. The molecule has 0 radical (unpaired) electrons. The van der Waals surface area contributed by atoms with E-state index in [4.69, 9.17) is 0 Å². The lowest BCUT2D eigenvalue weighted by Gasteiger charge is -2.45. The van der Waals surface area contributed by atoms with Crippen LogP contribution in [0.15, 0.2) is 24.5 Å². The zero-order valence-electron chi connectivity index (χ0n) is 9.85. The average Bonchev–Trinajstić information content (AvgIpc) is 2.24. The highest BCUT2D eigenvalue weighted by atomic mass is 15.1. The Labute approximate surface area is 96.7 Å². The van der Waals surface area contributed by atoms with Crippen LogP contribution in [0.2, 0.25) is 0 Å². The summed E-state index contributed by atoms with van der Waals surface area (Å²) in [5, 5.41) is 9.42. The third-order valence-corrected chi connectivity index (χ3v) is 3.53. The van der Waals surface area contributed by atoms with Gasteiger partial charge in [0.2, 0.25) is 0 Å². The fourth-order valence-electron chi connectivity index (χ4n) is 2.66. The lowest BCUT2D eigenvalue weighted by atomic mass is 9.63. The minimum atomic E-state index is -0.190. The number of hydrogen-bond acceptors (Lipinski definition) is 3. The van der Waals surface area contributed by atoms with Crippen LogP contribution >= 0.6 is 0 Å². The number of aromatic nitrogens is 1. The van der Waals surface area contributed by atoms with Gasteiger partial charge < -0.3 is 4.90 Å². The van der Waals surface area contributed by atoms with E-state index in [2.05, 4.69) is 16.0 Å². The lowest BCUT2D eigenvalue weighted by molar-refractivity contribution is 0.0748. The summed E-state index contributed by atoms with van der Waals surface area (Å²) in [7, 11) is 4.09. The van der Waals surface area contributed by atoms with Gasteiger partial charge in [-0.15, -0.1) is 0 Å². The second-order valence-electron chi connectivity index (χ2n) is 4.77. The lowest BCUT2D eigenvalue weighted by Crippen LogP contribution is -2.41. The van der Waals surface area contributed by atoms with Crippen LogP contribution in [0.4, 0.5) is 0 Å². The van der Waals surface area contributed by atoms with Crippen molar-refractivity contribution in [1.82, 2.24) is 9.88 Å². The van der Waals surface area contributed by atoms with E-state index in [0.717, 1.165) is 12.8 Å². The van der Waals surface area contributed by atoms with Crippen LogP contribution in [0, 0.1) is 16.7 Å². The van der Waals surface area contributed by atoms with Gasteiger partial charge in [-0.1, -0.05) is 6.42 Å². The molecule has 0 spiro atoms. The Bertz CT molecular complexity index is 387. The van der Waals surface area contributed by atoms with E-state index in [-0.39, 0.29) is 11.5 Å². The van der Waals surface area contributed by atoms with E-state index in [0.29, 0.717) is 0 Å². The Kier molecular flexibility index (Phi) is 2.93. The van der Waals surface area contributed by atoms with Gasteiger partial charge in [0, 0.05) is 12.4 Å². The third kappa shape index (κ3) is 1.70. The maximum atomic E-state index is 9.42. The summed E-state index contributed by atoms with van der Waals surface area (Å²) in [5.41, 5.74) is 1.01. The van der Waals surface area contributed by atoms with Crippen LogP contribution in [0.3, 0.4) is 0 Å². The standard InChI is InChI=1S/C13H17N3/c1-16(2)12(11-4-8-15-9-5-11)13(10-14)6-3-7-13/h4-5,8-9,12H,3,6-7H2,1-2H3. The minimum Gasteiger partial charge on any atom is -0.301 e. The summed E-state index contributed by atoms with van der Waals surface area (Å²) >= 11 is 0. The van der Waals surface area contributed by atoms with Crippen molar-refractivity contribution in [3.05, 3.63) is 30.1 Å². The SMILES string of the molecule is CN(C)C(c1ccncc1)C1(C#N)CCC1. The highest BCUT2D eigenvalue weighted by molar-refractivity contribution is 5.24. The fraction of sp³-hybridized carbons (Fsp3) is 0.538. The Morgan fingerprint density at radius 1 is 1.38 bits per heavy atom. The third-order valence-electron chi connectivity index (χ3n) is 3.53. The van der Waals surface area contributed by atoms with E-state index in [9.17, 15) is 5.26 Å². The van der Waals surface area contributed by atoms with Gasteiger partial charge >= 0.3 is 0 Å². The van der Waals surface area contributed by atoms with E-state index >= 15 is 0 Å². The van der Waals surface area contributed by atoms with E-state index < -0.39 is 0 Å². The summed E-state index contributed by atoms with van der Waals surface area (Å²) < 4.78 is 0. The average molecular weight is 215 g/mol. The van der Waals surface area contributed by atoms with Crippen LogP contribution in [0.5, 0.6) is 0 Å². The maximum Gasteiger partial charge on any atom is 0.0770 e. The van der Waals surface area contributed by atoms with Crippen LogP contribution < -0.4 is 0 Å². The molecule has 3 nitrogen and oxygen atoms in total. The molecular weight excluding hydrogens is 198 g/mol. The van der Waals surface area contributed by atoms with E-state index in [1.807, 2.05) is 26.2 Å². The summed E-state index contributed by atoms with van der Waals surface area (Å²) in [6, 6.07) is 6.75. The van der Waals surface area contributed by atoms with E-state index in [1.165, 1.54) is 12.0 Å². The molecule has 0 aromatic carbocycles. The molecule has 16 heavy (non-hydrogen) atoms. The number of rotatable bonds is 3. The molecule has 0 N–H and O–H groups in total. The van der Waals surface area contributed by atoms with Gasteiger partial charge in [0.15, 0.2) is 0 Å². The van der Waals surface area contributed by atoms with Crippen molar-refractivity contribution >= 4 is 0 Å². The molecule has 1 fully saturated rings. The molecule has 2 rings (SSSR count). The van der Waals surface area contributed by atoms with Crippen LogP contribution in [-0.2, 0) is 0 Å². The van der Waals surface area contributed by atoms with Crippen molar-refractivity contribution in [3.8, 4) is 6.07 Å². The van der Waals surface area contributed by atoms with Crippen molar-refractivity contribution in [2.24, 2.45) is 5.41 Å². The number of nitriles is 1. The fourth-order valence-corrected chi connectivity index (χ4v) is 2.66. The Morgan fingerprint density at radius 3 is 2.38 bits per heavy atom. The molecule has 1 heterocycles. The van der Waals surface area contributed by atoms with E-state index in [1.54, 1.807) is 12.4 Å². The second-order valence-corrected chi connectivity index (χ2v) is 4.77. The highest BCUT2D eigenvalue weighted by Gasteiger charge is 2.46. The number of nitrogens with zero attached hydrogens (tertiary/aromatic N) is 3. The van der Waals surface area contributed by atoms with Gasteiger partial charge in [0.05, 0.1) is 17.5 Å². The first kappa shape index (κ1) is 11.1. The molecule has 1 aliphatic carbocycles. The van der Waals surface area contributed by atoms with Crippen molar-refractivity contribution in [1.29, 1.82) is 5.26 Å². The molecular formula is C13H17N3. The van der Waals surface area contributed by atoms with Gasteiger partial charge in [-0.2, -0.15) is 5.26 Å². The first-order valence-electron chi connectivity index (χ1n) is 5.67. The molecule has 1 saturated carbocycles. The Morgan fingerprint density at radius 2 is 2.00 bits per heavy atom. The molecule has 1 aliphatic rings. The summed E-state index contributed by atoms with van der Waals surface area (Å²) in [4.78, 5) is 6.19. The van der Waals surface area contributed by atoms with Crippen LogP contribution in [0.25, 0.3) is 0 Å². The number of pyridine rings is 1. The predicted octanol–water partition coefficient (Wildman–Crippen LogP) is 2.38. The molecule has 1 unspecified atom stereocenters. The molecule has 0 aliphatic heterocycles. The minimum absolute atomic E-state index is 0.189. The van der Waals surface area contributed by atoms with Gasteiger partial charge in [0.25, 0.3) is 0 Å². The molecule has 1 aromatic rings. The Balaban J connectivity index is 2.36. The normalized spacial score (nSPS) is 19.9. The molecule has 0 saturated heterocycles. The second kappa shape index (κ2) is 4.23. The van der Waals surface area contributed by atoms with Crippen molar-refractivity contribution in [2.75, 3.05) is 14.1 Å². The molecule has 0 bridgehead atoms. The predicted molar refractivity (Wildman–Crippen MR) is 62.6 cm³/mol. The Hall–Kier alpha value is -1.40. The molecule has 84 valence electrons. The molecule has 1 aromatic heterocycles. The van der Waals surface area contributed by atoms with Gasteiger partial charge in [-0.05, 0) is 44.6 Å². The molecule has 3 heteroatoms. The number of hydrogen-bond donors (Lipinski definition) is 0. The van der Waals surface area contributed by atoms with Gasteiger partial charge in [-0.3, -0.25) is 4.98 Å². The highest BCUT2D eigenvalue weighted by Crippen LogP contribution is 2.51. The summed E-state index contributed by atoms with van der Waals surface area (Å²) in [6.07, 6.45) is 6.79. The molecule has 1 atom stereocenters. The summed E-state index contributed by atoms with van der Waals surface area (Å²) in [6.45, 7) is 0. The topological polar surface area (TPSA) is 39.9 Å². The monoisotopic (exact) mass is 215 g/mol. The molecule has 0 amide bonds. The zero-order chi connectivity index (χ0) is 11.6. The van der Waals surface area contributed by atoms with Crippen molar-refractivity contribution < 1.29 is 0 Å². The maximum absolute atomic E-state index is 9.42. The zero-order valence-corrected chi connectivity index (χ0v) is 9.85. The first-order chi connectivity index (χ1) is 7.69. The summed E-state index contributed by atoms with van der Waals surface area (Å²) in [5.74, 6) is 0. The van der Waals surface area contributed by atoms with Crippen molar-refractivity contribution in [2.45, 2.75) is 25.3 Å². The van der Waals surface area contributed by atoms with Gasteiger partial charge in [0.1, 0.15) is 0 Å². The largest absolute Gasteiger partial charge is 0.301 e. The van der Waals surface area contributed by atoms with Crippen LogP contribution in [0.1, 0.15) is 30.9 Å².